The zero-order chi connectivity index (χ0) is 17.2. The molecule has 2 aromatic rings. The number of halogens is 1. The second-order valence-electron chi connectivity index (χ2n) is 6.36. The molecule has 0 spiro atoms. The number of anilines is 1. The molecule has 1 saturated heterocycles. The summed E-state index contributed by atoms with van der Waals surface area (Å²) in [6.45, 7) is 2.89. The lowest BCUT2D eigenvalue weighted by Crippen LogP contribution is -2.43. The molecule has 128 valence electrons. The fraction of sp³-hybridized carbons (Fsp3) is 0.467. The number of hydrogen-bond donors (Lipinski definition) is 2. The fourth-order valence-corrected chi connectivity index (χ4v) is 3.52. The zero-order valence-corrected chi connectivity index (χ0v) is 13.0. The molecule has 0 saturated carbocycles. The maximum absolute atomic E-state index is 14.7. The second-order valence-corrected chi connectivity index (χ2v) is 6.36. The van der Waals surface area contributed by atoms with E-state index in [0.717, 1.165) is 12.5 Å². The monoisotopic (exact) mass is 336 g/mol. The molecule has 1 aromatic heterocycles. The molecule has 8 nitrogen and oxygen atoms in total. The molecule has 3 N–H and O–H groups in total. The van der Waals surface area contributed by atoms with Crippen LogP contribution in [0.2, 0.25) is 0 Å². The molecule has 0 amide bonds. The van der Waals surface area contributed by atoms with Gasteiger partial charge in [-0.1, -0.05) is 4.73 Å². The second kappa shape index (κ2) is 4.97. The molecule has 2 aliphatic rings. The van der Waals surface area contributed by atoms with E-state index in [0.29, 0.717) is 13.1 Å². The van der Waals surface area contributed by atoms with Gasteiger partial charge in [0, 0.05) is 19.1 Å². The Morgan fingerprint density at radius 1 is 1.42 bits per heavy atom. The molecule has 2 unspecified atom stereocenters. The molecular weight excluding hydrogens is 319 g/mol. The van der Waals surface area contributed by atoms with Gasteiger partial charge < -0.3 is 20.6 Å². The Bertz CT molecular complexity index is 967. The van der Waals surface area contributed by atoms with Crippen molar-refractivity contribution in [2.24, 2.45) is 5.73 Å². The Hall–Kier alpha value is -2.55. The molecule has 0 bridgehead atoms. The van der Waals surface area contributed by atoms with Gasteiger partial charge in [0.15, 0.2) is 11.6 Å². The number of nitrogens with zero attached hydrogens (tertiary/aromatic N) is 3. The Kier molecular flexibility index (Phi) is 3.11. The third kappa shape index (κ3) is 1.87. The first-order chi connectivity index (χ1) is 11.4. The van der Waals surface area contributed by atoms with E-state index in [2.05, 4.69) is 0 Å². The molecule has 4 rings (SSSR count). The van der Waals surface area contributed by atoms with E-state index in [1.165, 1.54) is 4.57 Å². The summed E-state index contributed by atoms with van der Waals surface area (Å²) in [5, 5.41) is 9.64. The van der Waals surface area contributed by atoms with Gasteiger partial charge in [0.25, 0.3) is 5.56 Å². The van der Waals surface area contributed by atoms with Crippen LogP contribution in [-0.2, 0) is 0 Å². The topological polar surface area (TPSA) is 103 Å². The third-order valence-electron chi connectivity index (χ3n) is 4.68. The average molecular weight is 336 g/mol. The van der Waals surface area contributed by atoms with Crippen molar-refractivity contribution >= 4 is 16.6 Å². The highest BCUT2D eigenvalue weighted by molar-refractivity contribution is 5.91. The molecule has 24 heavy (non-hydrogen) atoms. The van der Waals surface area contributed by atoms with Crippen LogP contribution in [0.3, 0.4) is 0 Å². The molecule has 9 heteroatoms. The minimum Gasteiger partial charge on any atom is -0.487 e. The van der Waals surface area contributed by atoms with Crippen LogP contribution in [0, 0.1) is 5.82 Å². The normalized spacial score (nSPS) is 22.9. The SMILES string of the molecule is CC1COc2c(N3CCC(N)C3)c(F)cc3c(=O)n(O)c(=O)n1c23. The van der Waals surface area contributed by atoms with E-state index in [-0.39, 0.29) is 39.7 Å². The summed E-state index contributed by atoms with van der Waals surface area (Å²) in [6.07, 6.45) is 0.721. The first-order valence-electron chi connectivity index (χ1n) is 7.76. The summed E-state index contributed by atoms with van der Waals surface area (Å²) in [5.41, 5.74) is 4.51. The molecular formula is C15H17FN4O4. The van der Waals surface area contributed by atoms with Gasteiger partial charge >= 0.3 is 5.69 Å². The van der Waals surface area contributed by atoms with Crippen LogP contribution in [0.5, 0.6) is 5.75 Å². The van der Waals surface area contributed by atoms with Crippen molar-refractivity contribution in [2.75, 3.05) is 24.6 Å². The van der Waals surface area contributed by atoms with Gasteiger partial charge in [0.2, 0.25) is 0 Å². The minimum atomic E-state index is -0.964. The number of hydrogen-bond acceptors (Lipinski definition) is 6. The first-order valence-corrected chi connectivity index (χ1v) is 7.76. The summed E-state index contributed by atoms with van der Waals surface area (Å²) in [7, 11) is 0. The number of rotatable bonds is 1. The van der Waals surface area contributed by atoms with Crippen LogP contribution in [-0.4, -0.2) is 40.2 Å². The number of benzene rings is 1. The Morgan fingerprint density at radius 3 is 2.83 bits per heavy atom. The third-order valence-corrected chi connectivity index (χ3v) is 4.68. The van der Waals surface area contributed by atoms with Crippen molar-refractivity contribution in [1.82, 2.24) is 9.30 Å². The Morgan fingerprint density at radius 2 is 2.17 bits per heavy atom. The molecule has 2 aliphatic heterocycles. The van der Waals surface area contributed by atoms with Gasteiger partial charge in [-0.2, -0.15) is 0 Å². The van der Waals surface area contributed by atoms with Crippen molar-refractivity contribution in [3.63, 3.8) is 0 Å². The van der Waals surface area contributed by atoms with Crippen LogP contribution in [0.25, 0.3) is 10.9 Å². The zero-order valence-electron chi connectivity index (χ0n) is 13.0. The van der Waals surface area contributed by atoms with E-state index in [4.69, 9.17) is 10.5 Å². The highest BCUT2D eigenvalue weighted by atomic mass is 19.1. The highest BCUT2D eigenvalue weighted by Crippen LogP contribution is 2.41. The molecule has 1 fully saturated rings. The van der Waals surface area contributed by atoms with Crippen molar-refractivity contribution in [3.05, 3.63) is 32.7 Å². The first kappa shape index (κ1) is 15.0. The average Bonchev–Trinajstić information content (AvgIpc) is 2.97. The lowest BCUT2D eigenvalue weighted by Gasteiger charge is -2.30. The fourth-order valence-electron chi connectivity index (χ4n) is 3.52. The van der Waals surface area contributed by atoms with Gasteiger partial charge in [-0.25, -0.2) is 9.18 Å². The van der Waals surface area contributed by atoms with Crippen molar-refractivity contribution in [2.45, 2.75) is 25.4 Å². The number of nitrogens with two attached hydrogens (primary N) is 1. The van der Waals surface area contributed by atoms with E-state index in [1.54, 1.807) is 11.8 Å². The van der Waals surface area contributed by atoms with Crippen molar-refractivity contribution in [3.8, 4) is 5.75 Å². The molecule has 0 aliphatic carbocycles. The number of aromatic nitrogens is 2. The van der Waals surface area contributed by atoms with Crippen LogP contribution < -0.4 is 26.6 Å². The maximum Gasteiger partial charge on any atom is 0.365 e. The Labute approximate surface area is 135 Å². The summed E-state index contributed by atoms with van der Waals surface area (Å²) < 4.78 is 21.7. The highest BCUT2D eigenvalue weighted by Gasteiger charge is 2.32. The maximum atomic E-state index is 14.7. The molecule has 3 heterocycles. The van der Waals surface area contributed by atoms with Gasteiger partial charge in [0.05, 0.1) is 11.4 Å². The van der Waals surface area contributed by atoms with Gasteiger partial charge in [0.1, 0.15) is 17.8 Å². The molecule has 0 radical (unpaired) electrons. The van der Waals surface area contributed by atoms with E-state index in [1.807, 2.05) is 0 Å². The summed E-state index contributed by atoms with van der Waals surface area (Å²) >= 11 is 0. The van der Waals surface area contributed by atoms with E-state index >= 15 is 0 Å². The van der Waals surface area contributed by atoms with E-state index in [9.17, 15) is 19.2 Å². The van der Waals surface area contributed by atoms with Crippen LogP contribution in [0.15, 0.2) is 15.7 Å². The summed E-state index contributed by atoms with van der Waals surface area (Å²) in [4.78, 5) is 26.2. The summed E-state index contributed by atoms with van der Waals surface area (Å²) in [6, 6.07) is 0.581. The van der Waals surface area contributed by atoms with Crippen LogP contribution in [0.4, 0.5) is 10.1 Å². The standard InChI is InChI=1S/C15H17FN4O4/c1-7-6-24-13-11-9(14(21)20(23)15(22)19(7)11)4-10(16)12(13)18-3-2-8(17)5-18/h4,7-8,23H,2-3,5-6,17H2,1H3. The molecule has 2 atom stereocenters. The van der Waals surface area contributed by atoms with Crippen LogP contribution in [0.1, 0.15) is 19.4 Å². The lowest BCUT2D eigenvalue weighted by molar-refractivity contribution is 0.148. The summed E-state index contributed by atoms with van der Waals surface area (Å²) in [5.74, 6) is -0.476. The predicted molar refractivity (Wildman–Crippen MR) is 84.6 cm³/mol. The quantitative estimate of drug-likeness (QED) is 0.712. The van der Waals surface area contributed by atoms with Gasteiger partial charge in [-0.3, -0.25) is 9.36 Å². The van der Waals surface area contributed by atoms with Crippen LogP contribution >= 0.6 is 0 Å². The largest absolute Gasteiger partial charge is 0.487 e. The molecule has 1 aromatic carbocycles. The number of ether oxygens (including phenoxy) is 1. The lowest BCUT2D eigenvalue weighted by atomic mass is 10.1. The van der Waals surface area contributed by atoms with Crippen molar-refractivity contribution in [1.29, 1.82) is 0 Å². The van der Waals surface area contributed by atoms with Crippen molar-refractivity contribution < 1.29 is 14.3 Å². The van der Waals surface area contributed by atoms with E-state index < -0.39 is 23.1 Å². The predicted octanol–water partition coefficient (Wildman–Crippen LogP) is 0.0304. The van der Waals surface area contributed by atoms with Gasteiger partial charge in [-0.15, -0.1) is 0 Å². The Balaban J connectivity index is 2.12. The minimum absolute atomic E-state index is 0.0127. The smallest absolute Gasteiger partial charge is 0.365 e. The van der Waals surface area contributed by atoms with Gasteiger partial charge in [-0.05, 0) is 19.4 Å².